The number of fused-ring (bicyclic) bond motifs is 5. The maximum absolute atomic E-state index is 13.2. The zero-order valence-electron chi connectivity index (χ0n) is 14.8. The van der Waals surface area contributed by atoms with Gasteiger partial charge in [-0.15, -0.1) is 0 Å². The van der Waals surface area contributed by atoms with Crippen LogP contribution in [0.3, 0.4) is 0 Å². The average Bonchev–Trinajstić information content (AvgIpc) is 2.88. The van der Waals surface area contributed by atoms with E-state index in [0.717, 1.165) is 24.8 Å². The molecule has 24 heavy (non-hydrogen) atoms. The van der Waals surface area contributed by atoms with Crippen LogP contribution < -0.4 is 0 Å². The first-order valence-electron chi connectivity index (χ1n) is 9.25. The summed E-state index contributed by atoms with van der Waals surface area (Å²) in [6.07, 6.45) is 9.96. The maximum atomic E-state index is 13.2. The van der Waals surface area contributed by atoms with Crippen LogP contribution in [0.25, 0.3) is 0 Å². The molecule has 0 N–H and O–H groups in total. The van der Waals surface area contributed by atoms with Crippen molar-refractivity contribution in [1.29, 1.82) is 0 Å². The van der Waals surface area contributed by atoms with Crippen molar-refractivity contribution in [2.45, 2.75) is 52.9 Å². The van der Waals surface area contributed by atoms with Gasteiger partial charge in [0.15, 0.2) is 5.78 Å². The second-order valence-electron chi connectivity index (χ2n) is 8.78. The molecule has 0 saturated heterocycles. The third-order valence-electron chi connectivity index (χ3n) is 7.87. The fraction of sp³-hybridized carbons (Fsp3) is 0.667. The number of hydrogen-bond donors (Lipinski definition) is 0. The number of carbonyl (C=O) groups excluding carboxylic acids is 3. The fourth-order valence-corrected chi connectivity index (χ4v) is 6.37. The third-order valence-corrected chi connectivity index (χ3v) is 7.87. The van der Waals surface area contributed by atoms with E-state index in [1.165, 1.54) is 0 Å². The van der Waals surface area contributed by atoms with E-state index < -0.39 is 5.41 Å². The summed E-state index contributed by atoms with van der Waals surface area (Å²) in [4.78, 5) is 37.1. The molecule has 0 heterocycles. The SMILES string of the molecule is CC(=O)[C@H]1CC[C@H]2[C@@H]3C=CC4=CC(=O)CC[C@]4(C)[C@H]3CC(=O)[C@]12C. The molecule has 3 nitrogen and oxygen atoms in total. The highest BCUT2D eigenvalue weighted by molar-refractivity contribution is 5.94. The summed E-state index contributed by atoms with van der Waals surface area (Å²) in [7, 11) is 0. The normalized spacial score (nSPS) is 46.9. The second-order valence-corrected chi connectivity index (χ2v) is 8.78. The fourth-order valence-electron chi connectivity index (χ4n) is 6.37. The van der Waals surface area contributed by atoms with Crippen LogP contribution in [-0.2, 0) is 14.4 Å². The average molecular weight is 326 g/mol. The highest BCUT2D eigenvalue weighted by Crippen LogP contribution is 2.63. The molecule has 6 atom stereocenters. The van der Waals surface area contributed by atoms with E-state index in [4.69, 9.17) is 0 Å². The second kappa shape index (κ2) is 5.00. The molecule has 2 saturated carbocycles. The lowest BCUT2D eigenvalue weighted by molar-refractivity contribution is -0.147. The Morgan fingerprint density at radius 1 is 1.17 bits per heavy atom. The molecular formula is C21H26O3. The van der Waals surface area contributed by atoms with Crippen LogP contribution in [0.4, 0.5) is 0 Å². The minimum absolute atomic E-state index is 0.0708. The summed E-state index contributed by atoms with van der Waals surface area (Å²) >= 11 is 0. The molecule has 0 amide bonds. The molecule has 0 aromatic carbocycles. The quantitative estimate of drug-likeness (QED) is 0.738. The smallest absolute Gasteiger partial charge is 0.156 e. The molecule has 3 heteroatoms. The van der Waals surface area contributed by atoms with Crippen molar-refractivity contribution in [2.24, 2.45) is 34.5 Å². The van der Waals surface area contributed by atoms with Gasteiger partial charge in [0.05, 0.1) is 0 Å². The predicted octanol–water partition coefficient (Wildman–Crippen LogP) is 3.68. The van der Waals surface area contributed by atoms with Crippen molar-refractivity contribution < 1.29 is 14.4 Å². The Morgan fingerprint density at radius 2 is 1.92 bits per heavy atom. The lowest BCUT2D eigenvalue weighted by atomic mass is 9.48. The number of allylic oxidation sites excluding steroid dienone is 4. The largest absolute Gasteiger partial charge is 0.300 e. The Balaban J connectivity index is 1.78. The molecule has 0 aliphatic heterocycles. The lowest BCUT2D eigenvalue weighted by Crippen LogP contribution is -2.54. The molecule has 2 fully saturated rings. The summed E-state index contributed by atoms with van der Waals surface area (Å²) in [5.74, 6) is 1.44. The van der Waals surface area contributed by atoms with Crippen molar-refractivity contribution in [3.05, 3.63) is 23.8 Å². The monoisotopic (exact) mass is 326 g/mol. The lowest BCUT2D eigenvalue weighted by Gasteiger charge is -2.54. The van der Waals surface area contributed by atoms with Crippen molar-refractivity contribution in [1.82, 2.24) is 0 Å². The van der Waals surface area contributed by atoms with Gasteiger partial charge in [0.2, 0.25) is 0 Å². The predicted molar refractivity (Wildman–Crippen MR) is 91.2 cm³/mol. The Morgan fingerprint density at radius 3 is 2.62 bits per heavy atom. The van der Waals surface area contributed by atoms with Gasteiger partial charge in [-0.1, -0.05) is 26.0 Å². The van der Waals surface area contributed by atoms with Crippen LogP contribution in [-0.4, -0.2) is 17.3 Å². The minimum Gasteiger partial charge on any atom is -0.300 e. The van der Waals surface area contributed by atoms with Gasteiger partial charge in [-0.3, -0.25) is 14.4 Å². The maximum Gasteiger partial charge on any atom is 0.156 e. The summed E-state index contributed by atoms with van der Waals surface area (Å²) in [5, 5.41) is 0. The van der Waals surface area contributed by atoms with Gasteiger partial charge >= 0.3 is 0 Å². The number of carbonyl (C=O) groups is 3. The van der Waals surface area contributed by atoms with Crippen LogP contribution in [0.1, 0.15) is 52.9 Å². The minimum atomic E-state index is -0.487. The first kappa shape index (κ1) is 16.0. The van der Waals surface area contributed by atoms with E-state index in [-0.39, 0.29) is 40.5 Å². The summed E-state index contributed by atoms with van der Waals surface area (Å²) in [6, 6.07) is 0. The summed E-state index contributed by atoms with van der Waals surface area (Å²) < 4.78 is 0. The standard InChI is InChI=1S/C21H26O3/c1-12(22)16-6-7-17-15-5-4-13-10-14(23)8-9-20(13,2)18(15)11-19(24)21(16,17)3/h4-5,10,15-18H,6-9,11H2,1-3H3/t15-,16+,17-,18-,20-,21+/m0/s1. The van der Waals surface area contributed by atoms with Crippen LogP contribution in [0.2, 0.25) is 0 Å². The molecule has 0 bridgehead atoms. The van der Waals surface area contributed by atoms with Gasteiger partial charge in [0.1, 0.15) is 11.6 Å². The van der Waals surface area contributed by atoms with E-state index in [1.807, 2.05) is 6.92 Å². The van der Waals surface area contributed by atoms with E-state index >= 15 is 0 Å². The summed E-state index contributed by atoms with van der Waals surface area (Å²) in [5.41, 5.74) is 0.551. The molecule has 0 aromatic rings. The van der Waals surface area contributed by atoms with E-state index in [1.54, 1.807) is 13.0 Å². The number of Topliss-reactive ketones (excluding diaryl/α,β-unsaturated/α-hetero) is 2. The number of rotatable bonds is 1. The highest BCUT2D eigenvalue weighted by Gasteiger charge is 2.62. The van der Waals surface area contributed by atoms with Crippen molar-refractivity contribution >= 4 is 17.3 Å². The number of ketones is 3. The van der Waals surface area contributed by atoms with Crippen LogP contribution in [0.15, 0.2) is 23.8 Å². The first-order chi connectivity index (χ1) is 11.3. The molecule has 0 spiro atoms. The van der Waals surface area contributed by atoms with E-state index in [2.05, 4.69) is 19.1 Å². The Hall–Kier alpha value is -1.51. The first-order valence-corrected chi connectivity index (χ1v) is 9.25. The molecule has 4 rings (SSSR count). The van der Waals surface area contributed by atoms with E-state index in [0.29, 0.717) is 18.8 Å². The molecule has 0 unspecified atom stereocenters. The van der Waals surface area contributed by atoms with Gasteiger partial charge in [-0.2, -0.15) is 0 Å². The summed E-state index contributed by atoms with van der Waals surface area (Å²) in [6.45, 7) is 5.92. The molecule has 0 radical (unpaired) electrons. The van der Waals surface area contributed by atoms with E-state index in [9.17, 15) is 14.4 Å². The molecule has 0 aromatic heterocycles. The number of hydrogen-bond acceptors (Lipinski definition) is 3. The third kappa shape index (κ3) is 1.87. The van der Waals surface area contributed by atoms with Gasteiger partial charge < -0.3 is 0 Å². The van der Waals surface area contributed by atoms with Crippen LogP contribution in [0, 0.1) is 34.5 Å². The zero-order chi connectivity index (χ0) is 17.3. The molecule has 4 aliphatic carbocycles. The van der Waals surface area contributed by atoms with Crippen molar-refractivity contribution in [2.75, 3.05) is 0 Å². The van der Waals surface area contributed by atoms with Crippen molar-refractivity contribution in [3.63, 3.8) is 0 Å². The van der Waals surface area contributed by atoms with Gasteiger partial charge in [-0.05, 0) is 61.0 Å². The Bertz CT molecular complexity index is 700. The molecule has 128 valence electrons. The zero-order valence-corrected chi connectivity index (χ0v) is 14.8. The van der Waals surface area contributed by atoms with Crippen molar-refractivity contribution in [3.8, 4) is 0 Å². The van der Waals surface area contributed by atoms with Crippen LogP contribution in [0.5, 0.6) is 0 Å². The van der Waals surface area contributed by atoms with Gasteiger partial charge in [0.25, 0.3) is 0 Å². The van der Waals surface area contributed by atoms with Gasteiger partial charge in [-0.25, -0.2) is 0 Å². The Kier molecular flexibility index (Phi) is 3.33. The topological polar surface area (TPSA) is 51.2 Å². The Labute approximate surface area is 143 Å². The molecular weight excluding hydrogens is 300 g/mol. The van der Waals surface area contributed by atoms with Crippen LogP contribution >= 0.6 is 0 Å². The van der Waals surface area contributed by atoms with Gasteiger partial charge in [0, 0.05) is 24.2 Å². The highest BCUT2D eigenvalue weighted by atomic mass is 16.1. The molecule has 4 aliphatic rings.